The Kier molecular flexibility index (Phi) is 6.43. The zero-order valence-electron chi connectivity index (χ0n) is 17.3. The van der Waals surface area contributed by atoms with Crippen LogP contribution in [0.15, 0.2) is 91.4 Å². The molecule has 4 rings (SSSR count). The molecule has 0 fully saturated rings. The number of rotatable bonds is 8. The maximum atomic E-state index is 12.9. The van der Waals surface area contributed by atoms with Crippen LogP contribution >= 0.6 is 0 Å². The zero-order valence-corrected chi connectivity index (χ0v) is 18.1. The van der Waals surface area contributed by atoms with E-state index in [0.717, 1.165) is 22.6 Å². The molecule has 0 aliphatic heterocycles. The Morgan fingerprint density at radius 3 is 2.29 bits per heavy atom. The Labute approximate surface area is 184 Å². The summed E-state index contributed by atoms with van der Waals surface area (Å²) in [5.41, 5.74) is 2.79. The molecule has 0 radical (unpaired) electrons. The largest absolute Gasteiger partial charge is 0.341 e. The minimum absolute atomic E-state index is 0.0228. The first-order chi connectivity index (χ1) is 15.1. The summed E-state index contributed by atoms with van der Waals surface area (Å²) in [5, 5.41) is 4.53. The van der Waals surface area contributed by atoms with E-state index in [-0.39, 0.29) is 17.4 Å². The van der Waals surface area contributed by atoms with Crippen LogP contribution in [-0.4, -0.2) is 42.2 Å². The quantitative estimate of drug-likeness (QED) is 0.428. The summed E-state index contributed by atoms with van der Waals surface area (Å²) in [6.45, 7) is 0.497. The topological polar surface area (TPSA) is 60.1 Å². The molecule has 7 heteroatoms. The predicted octanol–water partition coefficient (Wildman–Crippen LogP) is 3.57. The van der Waals surface area contributed by atoms with Crippen molar-refractivity contribution < 1.29 is 9.00 Å². The van der Waals surface area contributed by atoms with Gasteiger partial charge in [-0.15, -0.1) is 0 Å². The van der Waals surface area contributed by atoms with Crippen LogP contribution in [0.3, 0.4) is 0 Å². The molecule has 2 aromatic carbocycles. The second-order valence-corrected chi connectivity index (χ2v) is 8.75. The molecular weight excluding hydrogens is 408 g/mol. The number of benzene rings is 2. The average Bonchev–Trinajstić information content (AvgIpc) is 3.44. The standard InChI is InChI=1S/C24H24N4O2S/c1-26(17-20-10-4-2-5-11-20)23(29)19-31(30)18-21-16-25-28(22-12-6-3-7-13-22)24(21)27-14-8-9-15-27/h2-16H,17-19H2,1H3/t31-/m0/s1. The fourth-order valence-electron chi connectivity index (χ4n) is 3.40. The Morgan fingerprint density at radius 2 is 1.61 bits per heavy atom. The van der Waals surface area contributed by atoms with Crippen LogP contribution in [0.5, 0.6) is 0 Å². The Bertz CT molecular complexity index is 1160. The number of hydrogen-bond donors (Lipinski definition) is 0. The molecular formula is C24H24N4O2S. The molecule has 0 spiro atoms. The molecule has 2 heterocycles. The van der Waals surface area contributed by atoms with Crippen molar-refractivity contribution in [1.82, 2.24) is 19.2 Å². The molecule has 0 bridgehead atoms. The van der Waals surface area contributed by atoms with Crippen LogP contribution in [0.4, 0.5) is 0 Å². The summed E-state index contributed by atoms with van der Waals surface area (Å²) >= 11 is 0. The maximum absolute atomic E-state index is 12.9. The van der Waals surface area contributed by atoms with Gasteiger partial charge in [-0.2, -0.15) is 5.10 Å². The summed E-state index contributed by atoms with van der Waals surface area (Å²) < 4.78 is 16.6. The van der Waals surface area contributed by atoms with Gasteiger partial charge in [-0.3, -0.25) is 9.00 Å². The van der Waals surface area contributed by atoms with E-state index in [4.69, 9.17) is 0 Å². The van der Waals surface area contributed by atoms with E-state index < -0.39 is 10.8 Å². The van der Waals surface area contributed by atoms with Crippen molar-refractivity contribution in [2.24, 2.45) is 0 Å². The van der Waals surface area contributed by atoms with Crippen molar-refractivity contribution in [3.8, 4) is 11.5 Å². The highest BCUT2D eigenvalue weighted by molar-refractivity contribution is 7.84. The summed E-state index contributed by atoms with van der Waals surface area (Å²) in [6, 6.07) is 23.5. The van der Waals surface area contributed by atoms with E-state index in [9.17, 15) is 9.00 Å². The lowest BCUT2D eigenvalue weighted by molar-refractivity contribution is -0.127. The normalized spacial score (nSPS) is 11.9. The second kappa shape index (κ2) is 9.57. The number of carbonyl (C=O) groups is 1. The van der Waals surface area contributed by atoms with Crippen molar-refractivity contribution in [1.29, 1.82) is 0 Å². The Morgan fingerprint density at radius 1 is 0.968 bits per heavy atom. The molecule has 0 unspecified atom stereocenters. The highest BCUT2D eigenvalue weighted by atomic mass is 32.2. The van der Waals surface area contributed by atoms with Crippen LogP contribution in [0.2, 0.25) is 0 Å². The molecule has 4 aromatic rings. The van der Waals surface area contributed by atoms with Gasteiger partial charge in [-0.25, -0.2) is 4.68 Å². The lowest BCUT2D eigenvalue weighted by atomic mass is 10.2. The van der Waals surface area contributed by atoms with Crippen molar-refractivity contribution in [2.45, 2.75) is 12.3 Å². The molecule has 0 saturated carbocycles. The predicted molar refractivity (Wildman–Crippen MR) is 123 cm³/mol. The summed E-state index contributed by atoms with van der Waals surface area (Å²) in [4.78, 5) is 14.2. The van der Waals surface area contributed by atoms with Gasteiger partial charge in [0, 0.05) is 42.3 Å². The number of hydrogen-bond acceptors (Lipinski definition) is 3. The van der Waals surface area contributed by atoms with Crippen LogP contribution in [0.25, 0.3) is 11.5 Å². The molecule has 0 aliphatic rings. The van der Waals surface area contributed by atoms with Gasteiger partial charge in [0.2, 0.25) is 5.91 Å². The smallest absolute Gasteiger partial charge is 0.235 e. The molecule has 1 atom stereocenters. The highest BCUT2D eigenvalue weighted by Gasteiger charge is 2.19. The number of para-hydroxylation sites is 1. The number of aromatic nitrogens is 3. The van der Waals surface area contributed by atoms with E-state index in [1.807, 2.05) is 94.4 Å². The molecule has 0 N–H and O–H groups in total. The van der Waals surface area contributed by atoms with Crippen molar-refractivity contribution >= 4 is 16.7 Å². The molecule has 1 amide bonds. The number of nitrogens with zero attached hydrogens (tertiary/aromatic N) is 4. The second-order valence-electron chi connectivity index (χ2n) is 7.29. The number of amides is 1. The lowest BCUT2D eigenvalue weighted by Crippen LogP contribution is -2.30. The molecule has 0 saturated heterocycles. The first-order valence-electron chi connectivity index (χ1n) is 10.0. The van der Waals surface area contributed by atoms with E-state index in [0.29, 0.717) is 6.54 Å². The van der Waals surface area contributed by atoms with E-state index >= 15 is 0 Å². The monoisotopic (exact) mass is 432 g/mol. The summed E-state index contributed by atoms with van der Waals surface area (Å²) in [7, 11) is 0.389. The fourth-order valence-corrected chi connectivity index (χ4v) is 4.55. The SMILES string of the molecule is CN(Cc1ccccc1)C(=O)C[S@@](=O)Cc1cnn(-c2ccccc2)c1-n1cccc1. The Balaban J connectivity index is 1.49. The highest BCUT2D eigenvalue weighted by Crippen LogP contribution is 2.21. The van der Waals surface area contributed by atoms with Gasteiger partial charge in [0.25, 0.3) is 0 Å². The maximum Gasteiger partial charge on any atom is 0.235 e. The third-order valence-electron chi connectivity index (χ3n) is 4.96. The minimum atomic E-state index is -1.35. The van der Waals surface area contributed by atoms with Crippen LogP contribution in [0.1, 0.15) is 11.1 Å². The van der Waals surface area contributed by atoms with Crippen LogP contribution in [0, 0.1) is 0 Å². The van der Waals surface area contributed by atoms with Crippen molar-refractivity contribution in [3.63, 3.8) is 0 Å². The van der Waals surface area contributed by atoms with Crippen molar-refractivity contribution in [2.75, 3.05) is 12.8 Å². The fraction of sp³-hybridized carbons (Fsp3) is 0.167. The first-order valence-corrected chi connectivity index (χ1v) is 11.5. The van der Waals surface area contributed by atoms with E-state index in [1.165, 1.54) is 0 Å². The van der Waals surface area contributed by atoms with Crippen molar-refractivity contribution in [3.05, 3.63) is 103 Å². The van der Waals surface area contributed by atoms with Gasteiger partial charge in [0.1, 0.15) is 11.6 Å². The van der Waals surface area contributed by atoms with Gasteiger partial charge >= 0.3 is 0 Å². The van der Waals surface area contributed by atoms with Gasteiger partial charge in [-0.05, 0) is 29.8 Å². The Hall–Kier alpha value is -3.45. The molecule has 158 valence electrons. The van der Waals surface area contributed by atoms with E-state index in [2.05, 4.69) is 5.10 Å². The minimum Gasteiger partial charge on any atom is -0.341 e. The van der Waals surface area contributed by atoms with Gasteiger partial charge < -0.3 is 9.47 Å². The first kappa shape index (κ1) is 20.8. The third kappa shape index (κ3) is 5.00. The average molecular weight is 433 g/mol. The molecule has 31 heavy (non-hydrogen) atoms. The summed E-state index contributed by atoms with van der Waals surface area (Å²) in [6.07, 6.45) is 5.60. The zero-order chi connectivity index (χ0) is 21.6. The molecule has 0 aliphatic carbocycles. The van der Waals surface area contributed by atoms with Crippen LogP contribution in [-0.2, 0) is 27.9 Å². The molecule has 6 nitrogen and oxygen atoms in total. The van der Waals surface area contributed by atoms with Gasteiger partial charge in [0.15, 0.2) is 0 Å². The third-order valence-corrected chi connectivity index (χ3v) is 6.16. The molecule has 2 aromatic heterocycles. The van der Waals surface area contributed by atoms with Crippen LogP contribution < -0.4 is 0 Å². The van der Waals surface area contributed by atoms with Gasteiger partial charge in [-0.1, -0.05) is 48.5 Å². The number of carbonyl (C=O) groups excluding carboxylic acids is 1. The van der Waals surface area contributed by atoms with E-state index in [1.54, 1.807) is 18.1 Å². The summed E-state index contributed by atoms with van der Waals surface area (Å²) in [5.74, 6) is 0.922. The lowest BCUT2D eigenvalue weighted by Gasteiger charge is -2.17. The van der Waals surface area contributed by atoms with Gasteiger partial charge in [0.05, 0.1) is 17.6 Å².